The van der Waals surface area contributed by atoms with Crippen LogP contribution < -0.4 is 0 Å². The second kappa shape index (κ2) is 7.54. The first-order valence-corrected chi connectivity index (χ1v) is 5.37. The third kappa shape index (κ3) is 7.78. The van der Waals surface area contributed by atoms with Gasteiger partial charge in [0.05, 0.1) is 0 Å². The summed E-state index contributed by atoms with van der Waals surface area (Å²) in [5.74, 6) is 0.326. The molecular formula is C13H22O. The number of carbonyl (C=O) groups excluding carboxylic acids is 1. The Hall–Kier alpha value is -0.850. The van der Waals surface area contributed by atoms with E-state index >= 15 is 0 Å². The highest BCUT2D eigenvalue weighted by molar-refractivity contribution is 5.79. The molecule has 0 spiro atoms. The van der Waals surface area contributed by atoms with Gasteiger partial charge < -0.3 is 0 Å². The molecule has 0 unspecified atom stereocenters. The Bertz CT molecular complexity index is 230. The molecule has 0 aromatic heterocycles. The molecule has 0 aliphatic rings. The van der Waals surface area contributed by atoms with Crippen LogP contribution in [-0.2, 0) is 4.79 Å². The molecule has 0 radical (unpaired) electrons. The highest BCUT2D eigenvalue weighted by Gasteiger charge is 1.95. The number of rotatable bonds is 6. The van der Waals surface area contributed by atoms with Crippen molar-refractivity contribution >= 4 is 5.78 Å². The summed E-state index contributed by atoms with van der Waals surface area (Å²) in [6, 6.07) is 0. The molecular weight excluding hydrogens is 172 g/mol. The van der Waals surface area contributed by atoms with E-state index in [-0.39, 0.29) is 0 Å². The molecule has 0 rings (SSSR count). The molecule has 0 aliphatic carbocycles. The van der Waals surface area contributed by atoms with Gasteiger partial charge in [-0.05, 0) is 33.6 Å². The zero-order valence-electron chi connectivity index (χ0n) is 9.89. The normalized spacial score (nSPS) is 11.3. The van der Waals surface area contributed by atoms with Crippen LogP contribution in [0.15, 0.2) is 23.3 Å². The number of hydrogen-bond acceptors (Lipinski definition) is 1. The second-order valence-electron chi connectivity index (χ2n) is 3.97. The van der Waals surface area contributed by atoms with E-state index in [1.165, 1.54) is 11.1 Å². The van der Waals surface area contributed by atoms with E-state index < -0.39 is 0 Å². The Labute approximate surface area is 87.9 Å². The summed E-state index contributed by atoms with van der Waals surface area (Å²) >= 11 is 0. The maximum atomic E-state index is 11.0. The predicted molar refractivity (Wildman–Crippen MR) is 62.3 cm³/mol. The summed E-state index contributed by atoms with van der Waals surface area (Å²) < 4.78 is 0. The lowest BCUT2D eigenvalue weighted by molar-refractivity contribution is -0.117. The molecule has 0 aliphatic heterocycles. The van der Waals surface area contributed by atoms with Crippen LogP contribution in [0.2, 0.25) is 0 Å². The minimum absolute atomic E-state index is 0.326. The van der Waals surface area contributed by atoms with Crippen molar-refractivity contribution in [2.45, 2.75) is 53.4 Å². The topological polar surface area (TPSA) is 17.1 Å². The number of carbonyl (C=O) groups is 1. The van der Waals surface area contributed by atoms with Gasteiger partial charge in [-0.25, -0.2) is 0 Å². The summed E-state index contributed by atoms with van der Waals surface area (Å²) in [4.78, 5) is 11.0. The first-order chi connectivity index (χ1) is 6.56. The van der Waals surface area contributed by atoms with Crippen LogP contribution in [0.5, 0.6) is 0 Å². The maximum absolute atomic E-state index is 11.0. The number of Topliss-reactive ketones (excluding diaryl/α,β-unsaturated/α-hetero) is 1. The van der Waals surface area contributed by atoms with Gasteiger partial charge in [-0.15, -0.1) is 0 Å². The van der Waals surface area contributed by atoms with E-state index in [1.54, 1.807) is 0 Å². The van der Waals surface area contributed by atoms with E-state index in [0.717, 1.165) is 12.8 Å². The van der Waals surface area contributed by atoms with Gasteiger partial charge in [-0.3, -0.25) is 4.79 Å². The summed E-state index contributed by atoms with van der Waals surface area (Å²) in [5, 5.41) is 0. The van der Waals surface area contributed by atoms with Crippen LogP contribution in [-0.4, -0.2) is 5.78 Å². The predicted octanol–water partition coefficient (Wildman–Crippen LogP) is 4.05. The molecule has 0 aromatic carbocycles. The molecule has 0 saturated heterocycles. The van der Waals surface area contributed by atoms with E-state index in [0.29, 0.717) is 18.6 Å². The third-order valence-electron chi connectivity index (χ3n) is 2.16. The molecule has 0 heterocycles. The molecule has 0 atom stereocenters. The highest BCUT2D eigenvalue weighted by Crippen LogP contribution is 2.07. The van der Waals surface area contributed by atoms with E-state index in [9.17, 15) is 4.79 Å². The quantitative estimate of drug-likeness (QED) is 0.583. The van der Waals surface area contributed by atoms with Crippen molar-refractivity contribution in [1.82, 2.24) is 0 Å². The van der Waals surface area contributed by atoms with Crippen LogP contribution >= 0.6 is 0 Å². The number of hydrogen-bond donors (Lipinski definition) is 0. The monoisotopic (exact) mass is 194 g/mol. The summed E-state index contributed by atoms with van der Waals surface area (Å²) in [6.07, 6.45) is 7.71. The zero-order valence-corrected chi connectivity index (χ0v) is 9.89. The first kappa shape index (κ1) is 13.2. The first-order valence-electron chi connectivity index (χ1n) is 5.37. The molecule has 1 nitrogen and oxygen atoms in total. The Morgan fingerprint density at radius 1 is 1.14 bits per heavy atom. The fraction of sp³-hybridized carbons (Fsp3) is 0.615. The van der Waals surface area contributed by atoms with Crippen molar-refractivity contribution in [3.05, 3.63) is 23.3 Å². The van der Waals surface area contributed by atoms with Gasteiger partial charge in [0.25, 0.3) is 0 Å². The van der Waals surface area contributed by atoms with Gasteiger partial charge in [-0.2, -0.15) is 0 Å². The summed E-state index contributed by atoms with van der Waals surface area (Å²) in [6.45, 7) is 8.23. The Kier molecular flexibility index (Phi) is 7.09. The van der Waals surface area contributed by atoms with Gasteiger partial charge in [0.15, 0.2) is 0 Å². The van der Waals surface area contributed by atoms with Gasteiger partial charge >= 0.3 is 0 Å². The highest BCUT2D eigenvalue weighted by atomic mass is 16.1. The lowest BCUT2D eigenvalue weighted by Crippen LogP contribution is -1.92. The summed E-state index contributed by atoms with van der Waals surface area (Å²) in [7, 11) is 0. The standard InChI is InChI=1S/C13H22O/c1-5-13(14)10-9-12(4)8-6-7-11(2)3/h7,9H,5-6,8,10H2,1-4H3/b12-9+. The van der Waals surface area contributed by atoms with Crippen LogP contribution in [0.25, 0.3) is 0 Å². The largest absolute Gasteiger partial charge is 0.299 e. The van der Waals surface area contributed by atoms with Crippen molar-refractivity contribution in [3.8, 4) is 0 Å². The molecule has 0 fully saturated rings. The maximum Gasteiger partial charge on any atom is 0.136 e. The minimum Gasteiger partial charge on any atom is -0.299 e. The lowest BCUT2D eigenvalue weighted by atomic mass is 10.1. The molecule has 0 saturated carbocycles. The van der Waals surface area contributed by atoms with Crippen molar-refractivity contribution in [2.24, 2.45) is 0 Å². The van der Waals surface area contributed by atoms with Crippen LogP contribution in [0, 0.1) is 0 Å². The number of ketones is 1. The molecule has 80 valence electrons. The van der Waals surface area contributed by atoms with Crippen LogP contribution in [0.4, 0.5) is 0 Å². The Balaban J connectivity index is 3.78. The summed E-state index contributed by atoms with van der Waals surface area (Å²) in [5.41, 5.74) is 2.69. The average Bonchev–Trinajstić information content (AvgIpc) is 2.13. The van der Waals surface area contributed by atoms with Crippen molar-refractivity contribution in [3.63, 3.8) is 0 Å². The number of allylic oxidation sites excluding steroid dienone is 4. The van der Waals surface area contributed by atoms with Crippen molar-refractivity contribution in [1.29, 1.82) is 0 Å². The molecule has 1 heteroatoms. The van der Waals surface area contributed by atoms with Gasteiger partial charge in [0, 0.05) is 12.8 Å². The molecule has 0 amide bonds. The Morgan fingerprint density at radius 2 is 1.79 bits per heavy atom. The Morgan fingerprint density at radius 3 is 2.29 bits per heavy atom. The smallest absolute Gasteiger partial charge is 0.136 e. The average molecular weight is 194 g/mol. The SMILES string of the molecule is CCC(=O)C/C=C(\C)CCC=C(C)C. The van der Waals surface area contributed by atoms with Gasteiger partial charge in [0.2, 0.25) is 0 Å². The van der Waals surface area contributed by atoms with Gasteiger partial charge in [0.1, 0.15) is 5.78 Å². The van der Waals surface area contributed by atoms with Crippen molar-refractivity contribution < 1.29 is 4.79 Å². The van der Waals surface area contributed by atoms with E-state index in [4.69, 9.17) is 0 Å². The lowest BCUT2D eigenvalue weighted by Gasteiger charge is -1.98. The molecule has 0 bridgehead atoms. The molecule has 0 aromatic rings. The fourth-order valence-corrected chi connectivity index (χ4v) is 1.12. The molecule has 14 heavy (non-hydrogen) atoms. The fourth-order valence-electron chi connectivity index (χ4n) is 1.12. The third-order valence-corrected chi connectivity index (χ3v) is 2.16. The molecule has 0 N–H and O–H groups in total. The van der Waals surface area contributed by atoms with E-state index in [1.807, 2.05) is 6.92 Å². The zero-order chi connectivity index (χ0) is 11.0. The van der Waals surface area contributed by atoms with Crippen molar-refractivity contribution in [2.75, 3.05) is 0 Å². The second-order valence-corrected chi connectivity index (χ2v) is 3.97. The van der Waals surface area contributed by atoms with Crippen LogP contribution in [0.3, 0.4) is 0 Å². The van der Waals surface area contributed by atoms with Crippen LogP contribution in [0.1, 0.15) is 53.4 Å². The minimum atomic E-state index is 0.326. The van der Waals surface area contributed by atoms with E-state index in [2.05, 4.69) is 32.9 Å². The van der Waals surface area contributed by atoms with Gasteiger partial charge in [-0.1, -0.05) is 30.2 Å².